The van der Waals surface area contributed by atoms with Crippen molar-refractivity contribution >= 4 is 5.69 Å². The number of pyridine rings is 1. The van der Waals surface area contributed by atoms with Crippen LogP contribution in [0.1, 0.15) is 38.3 Å². The van der Waals surface area contributed by atoms with Crippen molar-refractivity contribution in [2.45, 2.75) is 45.2 Å². The van der Waals surface area contributed by atoms with E-state index >= 15 is 0 Å². The number of rotatable bonds is 4. The quantitative estimate of drug-likeness (QED) is 0.887. The second-order valence-electron chi connectivity index (χ2n) is 5.56. The van der Waals surface area contributed by atoms with Gasteiger partial charge >= 0.3 is 0 Å². The van der Waals surface area contributed by atoms with Crippen molar-refractivity contribution in [3.63, 3.8) is 0 Å². The van der Waals surface area contributed by atoms with Gasteiger partial charge in [0, 0.05) is 31.5 Å². The molecule has 3 nitrogen and oxygen atoms in total. The monoisotopic (exact) mass is 247 g/mol. The fourth-order valence-corrected chi connectivity index (χ4v) is 2.80. The maximum Gasteiger partial charge on any atom is 0.0562 e. The minimum absolute atomic E-state index is 0.700. The van der Waals surface area contributed by atoms with E-state index in [4.69, 9.17) is 0 Å². The molecular weight excluding hydrogens is 222 g/mol. The summed E-state index contributed by atoms with van der Waals surface area (Å²) in [5.41, 5.74) is 2.42. The summed E-state index contributed by atoms with van der Waals surface area (Å²) in [6.45, 7) is 3.21. The standard InChI is InChI=1S/C15H25N3/c1-12-4-6-14(7-5-12)18(3)15-8-9-17-13(10-15)11-16-2/h8-10,12,14,16H,4-7,11H2,1-3H3. The summed E-state index contributed by atoms with van der Waals surface area (Å²) < 4.78 is 0. The summed E-state index contributed by atoms with van der Waals surface area (Å²) in [7, 11) is 4.18. The van der Waals surface area contributed by atoms with Gasteiger partial charge in [-0.1, -0.05) is 6.92 Å². The fourth-order valence-electron chi connectivity index (χ4n) is 2.80. The largest absolute Gasteiger partial charge is 0.372 e. The van der Waals surface area contributed by atoms with E-state index in [9.17, 15) is 0 Å². The highest BCUT2D eigenvalue weighted by Crippen LogP contribution is 2.29. The Morgan fingerprint density at radius 3 is 2.72 bits per heavy atom. The fraction of sp³-hybridized carbons (Fsp3) is 0.667. The highest BCUT2D eigenvalue weighted by Gasteiger charge is 2.21. The number of hydrogen-bond acceptors (Lipinski definition) is 3. The molecular formula is C15H25N3. The SMILES string of the molecule is CNCc1cc(N(C)C2CCC(C)CC2)ccn1. The lowest BCUT2D eigenvalue weighted by atomic mass is 9.86. The van der Waals surface area contributed by atoms with Gasteiger partial charge in [-0.2, -0.15) is 0 Å². The van der Waals surface area contributed by atoms with Gasteiger partial charge in [0.25, 0.3) is 0 Å². The zero-order valence-corrected chi connectivity index (χ0v) is 11.8. The lowest BCUT2D eigenvalue weighted by Gasteiger charge is -2.35. The molecule has 100 valence electrons. The van der Waals surface area contributed by atoms with E-state index < -0.39 is 0 Å². The predicted octanol–water partition coefficient (Wildman–Crippen LogP) is 2.82. The Balaban J connectivity index is 2.03. The molecule has 0 unspecified atom stereocenters. The van der Waals surface area contributed by atoms with Crippen LogP contribution in [-0.4, -0.2) is 25.1 Å². The number of hydrogen-bond donors (Lipinski definition) is 1. The molecule has 0 atom stereocenters. The predicted molar refractivity (Wildman–Crippen MR) is 76.8 cm³/mol. The second-order valence-corrected chi connectivity index (χ2v) is 5.56. The molecule has 0 spiro atoms. The minimum Gasteiger partial charge on any atom is -0.372 e. The molecule has 0 aromatic carbocycles. The Labute approximate surface area is 111 Å². The van der Waals surface area contributed by atoms with Crippen LogP contribution in [0.4, 0.5) is 5.69 Å². The Morgan fingerprint density at radius 2 is 2.06 bits per heavy atom. The first kappa shape index (κ1) is 13.3. The summed E-state index contributed by atoms with van der Waals surface area (Å²) in [4.78, 5) is 6.82. The molecule has 1 saturated carbocycles. The Hall–Kier alpha value is -1.09. The zero-order valence-electron chi connectivity index (χ0n) is 11.8. The molecule has 1 N–H and O–H groups in total. The summed E-state index contributed by atoms with van der Waals surface area (Å²) in [6.07, 6.45) is 7.29. The van der Waals surface area contributed by atoms with Gasteiger partial charge in [-0.15, -0.1) is 0 Å². The molecule has 3 heteroatoms. The van der Waals surface area contributed by atoms with Crippen molar-refractivity contribution in [3.05, 3.63) is 24.0 Å². The average Bonchev–Trinajstić information content (AvgIpc) is 2.39. The molecule has 1 aliphatic carbocycles. The molecule has 0 radical (unpaired) electrons. The van der Waals surface area contributed by atoms with Crippen molar-refractivity contribution in [1.82, 2.24) is 10.3 Å². The zero-order chi connectivity index (χ0) is 13.0. The number of aromatic nitrogens is 1. The lowest BCUT2D eigenvalue weighted by molar-refractivity contribution is 0.340. The Bertz CT molecular complexity index is 370. The van der Waals surface area contributed by atoms with Gasteiger partial charge in [-0.3, -0.25) is 4.98 Å². The highest BCUT2D eigenvalue weighted by molar-refractivity contribution is 5.46. The van der Waals surface area contributed by atoms with Crippen molar-refractivity contribution in [3.8, 4) is 0 Å². The first-order valence-corrected chi connectivity index (χ1v) is 7.03. The van der Waals surface area contributed by atoms with E-state index in [1.807, 2.05) is 13.2 Å². The van der Waals surface area contributed by atoms with Gasteiger partial charge in [0.05, 0.1) is 5.69 Å². The molecule has 0 saturated heterocycles. The molecule has 2 rings (SSSR count). The molecule has 0 aliphatic heterocycles. The molecule has 1 aromatic rings. The van der Waals surface area contributed by atoms with Gasteiger partial charge in [-0.25, -0.2) is 0 Å². The molecule has 0 amide bonds. The molecule has 0 bridgehead atoms. The van der Waals surface area contributed by atoms with Gasteiger partial charge in [0.2, 0.25) is 0 Å². The third kappa shape index (κ3) is 3.22. The number of anilines is 1. The second kappa shape index (κ2) is 6.19. The van der Waals surface area contributed by atoms with E-state index in [0.29, 0.717) is 6.04 Å². The minimum atomic E-state index is 0.700. The first-order chi connectivity index (χ1) is 8.70. The summed E-state index contributed by atoms with van der Waals surface area (Å²) in [6, 6.07) is 5.03. The van der Waals surface area contributed by atoms with Gasteiger partial charge < -0.3 is 10.2 Å². The first-order valence-electron chi connectivity index (χ1n) is 7.03. The normalized spacial score (nSPS) is 23.9. The van der Waals surface area contributed by atoms with Crippen LogP contribution < -0.4 is 10.2 Å². The summed E-state index contributed by atoms with van der Waals surface area (Å²) >= 11 is 0. The summed E-state index contributed by atoms with van der Waals surface area (Å²) in [5.74, 6) is 0.909. The van der Waals surface area contributed by atoms with Crippen LogP contribution in [-0.2, 0) is 6.54 Å². The van der Waals surface area contributed by atoms with E-state index in [2.05, 4.69) is 41.3 Å². The van der Waals surface area contributed by atoms with Crippen LogP contribution in [0.2, 0.25) is 0 Å². The van der Waals surface area contributed by atoms with E-state index in [0.717, 1.165) is 18.2 Å². The third-order valence-corrected chi connectivity index (χ3v) is 4.10. The van der Waals surface area contributed by atoms with Crippen LogP contribution >= 0.6 is 0 Å². The van der Waals surface area contributed by atoms with Gasteiger partial charge in [-0.05, 0) is 50.8 Å². The van der Waals surface area contributed by atoms with E-state index in [1.165, 1.54) is 31.4 Å². The Morgan fingerprint density at radius 1 is 1.33 bits per heavy atom. The smallest absolute Gasteiger partial charge is 0.0562 e. The highest BCUT2D eigenvalue weighted by atomic mass is 15.1. The van der Waals surface area contributed by atoms with Crippen LogP contribution in [0.15, 0.2) is 18.3 Å². The van der Waals surface area contributed by atoms with E-state index in [-0.39, 0.29) is 0 Å². The number of nitrogens with one attached hydrogen (secondary N) is 1. The van der Waals surface area contributed by atoms with Crippen molar-refractivity contribution < 1.29 is 0 Å². The summed E-state index contributed by atoms with van der Waals surface area (Å²) in [5, 5.41) is 3.15. The van der Waals surface area contributed by atoms with E-state index in [1.54, 1.807) is 0 Å². The topological polar surface area (TPSA) is 28.2 Å². The number of nitrogens with zero attached hydrogens (tertiary/aromatic N) is 2. The lowest BCUT2D eigenvalue weighted by Crippen LogP contribution is -2.34. The van der Waals surface area contributed by atoms with Crippen LogP contribution in [0.3, 0.4) is 0 Å². The Kier molecular flexibility index (Phi) is 4.59. The van der Waals surface area contributed by atoms with Gasteiger partial charge in [0.15, 0.2) is 0 Å². The molecule has 18 heavy (non-hydrogen) atoms. The van der Waals surface area contributed by atoms with Crippen LogP contribution in [0.5, 0.6) is 0 Å². The molecule has 1 aliphatic rings. The average molecular weight is 247 g/mol. The molecule has 1 fully saturated rings. The van der Waals surface area contributed by atoms with Crippen LogP contribution in [0, 0.1) is 5.92 Å². The third-order valence-electron chi connectivity index (χ3n) is 4.10. The van der Waals surface area contributed by atoms with Crippen molar-refractivity contribution in [2.24, 2.45) is 5.92 Å². The maximum atomic E-state index is 4.38. The van der Waals surface area contributed by atoms with Crippen LogP contribution in [0.25, 0.3) is 0 Å². The maximum absolute atomic E-state index is 4.38. The molecule has 1 heterocycles. The van der Waals surface area contributed by atoms with Crippen molar-refractivity contribution in [2.75, 3.05) is 19.0 Å². The van der Waals surface area contributed by atoms with Crippen molar-refractivity contribution in [1.29, 1.82) is 0 Å². The molecule has 1 aromatic heterocycles. The van der Waals surface area contributed by atoms with Gasteiger partial charge in [0.1, 0.15) is 0 Å².